The van der Waals surface area contributed by atoms with Crippen molar-refractivity contribution in [3.05, 3.63) is 29.7 Å². The van der Waals surface area contributed by atoms with E-state index in [0.29, 0.717) is 25.0 Å². The van der Waals surface area contributed by atoms with Gasteiger partial charge in [-0.3, -0.25) is 0 Å². The molecule has 2 aromatic rings. The molecular weight excluding hydrogens is 256 g/mol. The summed E-state index contributed by atoms with van der Waals surface area (Å²) in [4.78, 5) is 8.34. The Morgan fingerprint density at radius 1 is 1.20 bits per heavy atom. The minimum absolute atomic E-state index is 0.0144. The highest BCUT2D eigenvalue weighted by atomic mass is 16.4. The molecule has 0 aliphatic rings. The molecule has 0 bridgehead atoms. The van der Waals surface area contributed by atoms with Crippen LogP contribution in [0.2, 0.25) is 0 Å². The van der Waals surface area contributed by atoms with Gasteiger partial charge in [-0.25, -0.2) is 9.97 Å². The summed E-state index contributed by atoms with van der Waals surface area (Å²) in [5, 5.41) is 14.3. The average Bonchev–Trinajstić information content (AvgIpc) is 2.81. The summed E-state index contributed by atoms with van der Waals surface area (Å²) in [5.41, 5.74) is 0.894. The largest absolute Gasteiger partial charge is 0.407 e. The van der Waals surface area contributed by atoms with Gasteiger partial charge >= 0.3 is 6.01 Å². The molecule has 0 saturated heterocycles. The second-order valence-electron chi connectivity index (χ2n) is 5.55. The quantitative estimate of drug-likeness (QED) is 0.858. The van der Waals surface area contributed by atoms with Gasteiger partial charge in [-0.05, 0) is 33.8 Å². The van der Waals surface area contributed by atoms with E-state index in [2.05, 4.69) is 51.6 Å². The number of hydrogen-bond donors (Lipinski definition) is 2. The molecule has 0 unspecified atom stereocenters. The van der Waals surface area contributed by atoms with Crippen LogP contribution in [-0.2, 0) is 13.1 Å². The van der Waals surface area contributed by atoms with Crippen LogP contribution in [0.4, 0.5) is 6.01 Å². The van der Waals surface area contributed by atoms with Gasteiger partial charge in [0.05, 0.1) is 18.8 Å². The van der Waals surface area contributed by atoms with Crippen LogP contribution in [-0.4, -0.2) is 25.7 Å². The number of anilines is 1. The Balaban J connectivity index is 1.87. The predicted octanol–water partition coefficient (Wildman–Crippen LogP) is 1.67. The lowest BCUT2D eigenvalue weighted by atomic mass is 10.1. The van der Waals surface area contributed by atoms with Gasteiger partial charge in [0.25, 0.3) is 0 Å². The van der Waals surface area contributed by atoms with Crippen LogP contribution in [0.15, 0.2) is 16.7 Å². The third-order valence-electron chi connectivity index (χ3n) is 2.49. The van der Waals surface area contributed by atoms with Gasteiger partial charge in [0.2, 0.25) is 5.89 Å². The van der Waals surface area contributed by atoms with Crippen molar-refractivity contribution in [2.45, 2.75) is 46.3 Å². The lowest BCUT2D eigenvalue weighted by molar-refractivity contribution is 0.383. The summed E-state index contributed by atoms with van der Waals surface area (Å²) in [6, 6.07) is 2.24. The Bertz CT molecular complexity index is 560. The number of nitrogens with one attached hydrogen (secondary N) is 2. The maximum atomic E-state index is 5.49. The third-order valence-corrected chi connectivity index (χ3v) is 2.49. The summed E-state index contributed by atoms with van der Waals surface area (Å²) in [6.07, 6.45) is 1.73. The van der Waals surface area contributed by atoms with E-state index in [-0.39, 0.29) is 5.54 Å². The molecule has 0 spiro atoms. The molecule has 2 N–H and O–H groups in total. The van der Waals surface area contributed by atoms with Crippen LogP contribution in [0.25, 0.3) is 0 Å². The van der Waals surface area contributed by atoms with E-state index in [0.717, 1.165) is 11.5 Å². The Labute approximate surface area is 118 Å². The first-order chi connectivity index (χ1) is 9.42. The minimum atomic E-state index is 0.0144. The summed E-state index contributed by atoms with van der Waals surface area (Å²) in [7, 11) is 0. The lowest BCUT2D eigenvalue weighted by Crippen LogP contribution is -2.35. The van der Waals surface area contributed by atoms with E-state index in [1.165, 1.54) is 0 Å². The topological polar surface area (TPSA) is 88.8 Å². The molecule has 7 nitrogen and oxygen atoms in total. The fourth-order valence-corrected chi connectivity index (χ4v) is 1.51. The first-order valence-corrected chi connectivity index (χ1v) is 6.52. The zero-order valence-corrected chi connectivity index (χ0v) is 12.3. The molecule has 2 heterocycles. The summed E-state index contributed by atoms with van der Waals surface area (Å²) < 4.78 is 5.49. The van der Waals surface area contributed by atoms with Crippen molar-refractivity contribution in [3.63, 3.8) is 0 Å². The van der Waals surface area contributed by atoms with Crippen molar-refractivity contribution < 1.29 is 4.42 Å². The van der Waals surface area contributed by atoms with Crippen molar-refractivity contribution in [3.8, 4) is 0 Å². The average molecular weight is 276 g/mol. The van der Waals surface area contributed by atoms with Crippen molar-refractivity contribution in [2.75, 3.05) is 5.32 Å². The molecule has 20 heavy (non-hydrogen) atoms. The lowest BCUT2D eigenvalue weighted by Gasteiger charge is -2.18. The Kier molecular flexibility index (Phi) is 4.29. The standard InChI is InChI=1S/C13H20N6O/c1-9-14-6-5-10(17-9)7-15-12-19-18-11(20-12)8-16-13(2,3)4/h5-6,16H,7-8H2,1-4H3,(H,15,19). The summed E-state index contributed by atoms with van der Waals surface area (Å²) in [6.45, 7) is 9.18. The number of aryl methyl sites for hydroxylation is 1. The zero-order chi connectivity index (χ0) is 14.6. The summed E-state index contributed by atoms with van der Waals surface area (Å²) in [5.74, 6) is 1.30. The molecule has 0 aliphatic carbocycles. The van der Waals surface area contributed by atoms with Crippen LogP contribution in [0.3, 0.4) is 0 Å². The van der Waals surface area contributed by atoms with E-state index < -0.39 is 0 Å². The van der Waals surface area contributed by atoms with Gasteiger partial charge < -0.3 is 15.1 Å². The van der Waals surface area contributed by atoms with Crippen LogP contribution in [0.1, 0.15) is 38.2 Å². The number of hydrogen-bond acceptors (Lipinski definition) is 7. The van der Waals surface area contributed by atoms with Gasteiger partial charge in [0.15, 0.2) is 0 Å². The van der Waals surface area contributed by atoms with Gasteiger partial charge in [0, 0.05) is 11.7 Å². The van der Waals surface area contributed by atoms with Gasteiger partial charge in [-0.1, -0.05) is 5.10 Å². The zero-order valence-electron chi connectivity index (χ0n) is 12.3. The van der Waals surface area contributed by atoms with Crippen molar-refractivity contribution in [1.29, 1.82) is 0 Å². The van der Waals surface area contributed by atoms with Gasteiger partial charge in [-0.2, -0.15) is 0 Å². The van der Waals surface area contributed by atoms with E-state index in [1.54, 1.807) is 6.20 Å². The number of rotatable bonds is 5. The molecule has 0 fully saturated rings. The van der Waals surface area contributed by atoms with Crippen molar-refractivity contribution >= 4 is 6.01 Å². The van der Waals surface area contributed by atoms with E-state index in [4.69, 9.17) is 4.42 Å². The van der Waals surface area contributed by atoms with Crippen LogP contribution < -0.4 is 10.6 Å². The molecule has 0 aliphatic heterocycles. The first-order valence-electron chi connectivity index (χ1n) is 6.52. The molecule has 108 valence electrons. The second-order valence-corrected chi connectivity index (χ2v) is 5.55. The van der Waals surface area contributed by atoms with E-state index in [9.17, 15) is 0 Å². The number of nitrogens with zero attached hydrogens (tertiary/aromatic N) is 4. The van der Waals surface area contributed by atoms with Gasteiger partial charge in [0.1, 0.15) is 5.82 Å². The molecule has 0 radical (unpaired) electrons. The maximum Gasteiger partial charge on any atom is 0.315 e. The van der Waals surface area contributed by atoms with E-state index >= 15 is 0 Å². The molecule has 0 amide bonds. The van der Waals surface area contributed by atoms with Crippen molar-refractivity contribution in [1.82, 2.24) is 25.5 Å². The van der Waals surface area contributed by atoms with Crippen molar-refractivity contribution in [2.24, 2.45) is 0 Å². The third kappa shape index (κ3) is 4.58. The molecule has 2 aromatic heterocycles. The second kappa shape index (κ2) is 5.96. The molecule has 0 atom stereocenters. The highest BCUT2D eigenvalue weighted by Gasteiger charge is 2.12. The maximum absolute atomic E-state index is 5.49. The predicted molar refractivity (Wildman–Crippen MR) is 75.0 cm³/mol. The molecular formula is C13H20N6O. The highest BCUT2D eigenvalue weighted by Crippen LogP contribution is 2.08. The Hall–Kier alpha value is -2.02. The van der Waals surface area contributed by atoms with Crippen LogP contribution >= 0.6 is 0 Å². The normalized spacial score (nSPS) is 11.6. The SMILES string of the molecule is Cc1nccc(CNc2nnc(CNC(C)(C)C)o2)n1. The van der Waals surface area contributed by atoms with E-state index in [1.807, 2.05) is 13.0 Å². The fraction of sp³-hybridized carbons (Fsp3) is 0.538. The molecule has 0 saturated carbocycles. The highest BCUT2D eigenvalue weighted by molar-refractivity contribution is 5.19. The monoisotopic (exact) mass is 276 g/mol. The molecule has 2 rings (SSSR count). The van der Waals surface area contributed by atoms with Crippen LogP contribution in [0, 0.1) is 6.92 Å². The van der Waals surface area contributed by atoms with Gasteiger partial charge in [-0.15, -0.1) is 5.10 Å². The Morgan fingerprint density at radius 2 is 2.00 bits per heavy atom. The smallest absolute Gasteiger partial charge is 0.315 e. The fourth-order valence-electron chi connectivity index (χ4n) is 1.51. The summed E-state index contributed by atoms with van der Waals surface area (Å²) >= 11 is 0. The first kappa shape index (κ1) is 14.4. The Morgan fingerprint density at radius 3 is 2.70 bits per heavy atom. The van der Waals surface area contributed by atoms with Crippen LogP contribution in [0.5, 0.6) is 0 Å². The minimum Gasteiger partial charge on any atom is -0.407 e. The molecule has 7 heteroatoms. The number of aromatic nitrogens is 4. The molecule has 0 aromatic carbocycles.